The molecule has 0 amide bonds. The van der Waals surface area contributed by atoms with Crippen molar-refractivity contribution in [3.63, 3.8) is 0 Å². The van der Waals surface area contributed by atoms with Crippen LogP contribution in [-0.4, -0.2) is 14.6 Å². The lowest BCUT2D eigenvalue weighted by Gasteiger charge is -1.94. The van der Waals surface area contributed by atoms with E-state index in [-0.39, 0.29) is 5.82 Å². The van der Waals surface area contributed by atoms with E-state index < -0.39 is 0 Å². The molecule has 0 spiro atoms. The van der Waals surface area contributed by atoms with E-state index in [1.54, 1.807) is 35.0 Å². The molecule has 2 aromatic heterocycles. The van der Waals surface area contributed by atoms with Crippen LogP contribution in [0.3, 0.4) is 0 Å². The molecular formula is C12H9FN4. The zero-order chi connectivity index (χ0) is 11.8. The molecule has 0 aliphatic carbocycles. The van der Waals surface area contributed by atoms with Gasteiger partial charge in [0, 0.05) is 17.8 Å². The summed E-state index contributed by atoms with van der Waals surface area (Å²) in [4.78, 5) is 4.13. The minimum absolute atomic E-state index is 0.285. The molecule has 0 bridgehead atoms. The van der Waals surface area contributed by atoms with Crippen molar-refractivity contribution in [3.8, 4) is 11.3 Å². The zero-order valence-electron chi connectivity index (χ0n) is 8.84. The number of fused-ring (bicyclic) bond motifs is 1. The molecule has 1 aromatic carbocycles. The van der Waals surface area contributed by atoms with Crippen molar-refractivity contribution < 1.29 is 4.39 Å². The van der Waals surface area contributed by atoms with Gasteiger partial charge in [0.2, 0.25) is 0 Å². The van der Waals surface area contributed by atoms with Crippen LogP contribution < -0.4 is 5.73 Å². The molecule has 3 rings (SSSR count). The monoisotopic (exact) mass is 228 g/mol. The molecule has 2 heterocycles. The highest BCUT2D eigenvalue weighted by atomic mass is 19.1. The van der Waals surface area contributed by atoms with Crippen LogP contribution in [0, 0.1) is 5.82 Å². The number of nitrogens with two attached hydrogens (primary N) is 1. The van der Waals surface area contributed by atoms with Crippen molar-refractivity contribution in [1.29, 1.82) is 0 Å². The third kappa shape index (κ3) is 1.71. The highest BCUT2D eigenvalue weighted by molar-refractivity contribution is 5.64. The average Bonchev–Trinajstić information content (AvgIpc) is 2.72. The minimum atomic E-state index is -0.285. The van der Waals surface area contributed by atoms with Crippen molar-refractivity contribution in [2.75, 3.05) is 5.73 Å². The van der Waals surface area contributed by atoms with Gasteiger partial charge in [-0.25, -0.2) is 13.9 Å². The second kappa shape index (κ2) is 3.55. The van der Waals surface area contributed by atoms with Crippen LogP contribution in [0.5, 0.6) is 0 Å². The number of anilines is 1. The van der Waals surface area contributed by atoms with Gasteiger partial charge in [0.25, 0.3) is 0 Å². The summed E-state index contributed by atoms with van der Waals surface area (Å²) in [5.41, 5.74) is 7.61. The molecule has 5 heteroatoms. The molecule has 0 saturated heterocycles. The van der Waals surface area contributed by atoms with E-state index in [4.69, 9.17) is 5.73 Å². The summed E-state index contributed by atoms with van der Waals surface area (Å²) in [5.74, 6) is 0.148. The normalized spacial score (nSPS) is 10.9. The van der Waals surface area contributed by atoms with Crippen molar-refractivity contribution in [1.82, 2.24) is 14.6 Å². The molecule has 2 N–H and O–H groups in total. The Morgan fingerprint density at radius 3 is 2.88 bits per heavy atom. The quantitative estimate of drug-likeness (QED) is 0.694. The molecule has 0 unspecified atom stereocenters. The minimum Gasteiger partial charge on any atom is -0.384 e. The Hall–Kier alpha value is -2.43. The zero-order valence-corrected chi connectivity index (χ0v) is 8.84. The lowest BCUT2D eigenvalue weighted by atomic mass is 10.1. The van der Waals surface area contributed by atoms with Crippen molar-refractivity contribution in [3.05, 3.63) is 48.4 Å². The molecule has 0 fully saturated rings. The van der Waals surface area contributed by atoms with Crippen LogP contribution in [0.25, 0.3) is 16.9 Å². The topological polar surface area (TPSA) is 56.2 Å². The van der Waals surface area contributed by atoms with E-state index in [0.29, 0.717) is 22.7 Å². The van der Waals surface area contributed by atoms with Gasteiger partial charge < -0.3 is 5.73 Å². The Bertz CT molecular complexity index is 690. The molecule has 0 saturated carbocycles. The van der Waals surface area contributed by atoms with Gasteiger partial charge in [-0.15, -0.1) is 0 Å². The molecular weight excluding hydrogens is 219 g/mol. The number of nitrogen functional groups attached to an aromatic ring is 1. The first-order chi connectivity index (χ1) is 8.22. The van der Waals surface area contributed by atoms with E-state index in [1.165, 1.54) is 12.1 Å². The summed E-state index contributed by atoms with van der Waals surface area (Å²) in [5, 5.41) is 4.30. The largest absolute Gasteiger partial charge is 0.384 e. The molecule has 0 radical (unpaired) electrons. The number of rotatable bonds is 1. The van der Waals surface area contributed by atoms with Gasteiger partial charge in [-0.2, -0.15) is 5.10 Å². The maximum absolute atomic E-state index is 13.1. The van der Waals surface area contributed by atoms with Gasteiger partial charge in [0.15, 0.2) is 5.65 Å². The second-order valence-corrected chi connectivity index (χ2v) is 3.70. The molecule has 17 heavy (non-hydrogen) atoms. The third-order valence-corrected chi connectivity index (χ3v) is 2.47. The van der Waals surface area contributed by atoms with E-state index in [2.05, 4.69) is 10.1 Å². The molecule has 4 nitrogen and oxygen atoms in total. The maximum Gasteiger partial charge on any atom is 0.157 e. The number of hydrogen-bond donors (Lipinski definition) is 1. The highest BCUT2D eigenvalue weighted by Gasteiger charge is 2.06. The van der Waals surface area contributed by atoms with Gasteiger partial charge in [-0.1, -0.05) is 12.1 Å². The van der Waals surface area contributed by atoms with E-state index in [9.17, 15) is 4.39 Å². The summed E-state index contributed by atoms with van der Waals surface area (Å²) in [6.07, 6.45) is 1.72. The van der Waals surface area contributed by atoms with Gasteiger partial charge in [-0.3, -0.25) is 0 Å². The number of hydrogen-bond acceptors (Lipinski definition) is 3. The van der Waals surface area contributed by atoms with Crippen molar-refractivity contribution in [2.24, 2.45) is 0 Å². The van der Waals surface area contributed by atoms with Gasteiger partial charge in [-0.05, 0) is 18.2 Å². The maximum atomic E-state index is 13.1. The van der Waals surface area contributed by atoms with Gasteiger partial charge >= 0.3 is 0 Å². The fourth-order valence-electron chi connectivity index (χ4n) is 1.68. The Balaban J connectivity index is 2.18. The van der Waals surface area contributed by atoms with Crippen LogP contribution in [0.4, 0.5) is 10.2 Å². The van der Waals surface area contributed by atoms with E-state index >= 15 is 0 Å². The first-order valence-electron chi connectivity index (χ1n) is 5.10. The van der Waals surface area contributed by atoms with E-state index in [1.807, 2.05) is 0 Å². The lowest BCUT2D eigenvalue weighted by Crippen LogP contribution is -1.94. The SMILES string of the molecule is Nc1ccn2nc(-c3cccc(F)c3)cc2n1. The van der Waals surface area contributed by atoms with Crippen LogP contribution in [-0.2, 0) is 0 Å². The predicted octanol–water partition coefficient (Wildman–Crippen LogP) is 2.12. The molecule has 0 aliphatic rings. The Morgan fingerprint density at radius 1 is 1.18 bits per heavy atom. The summed E-state index contributed by atoms with van der Waals surface area (Å²) in [6.45, 7) is 0. The van der Waals surface area contributed by atoms with E-state index in [0.717, 1.165) is 0 Å². The van der Waals surface area contributed by atoms with Gasteiger partial charge in [0.05, 0.1) is 5.69 Å². The molecule has 0 atom stereocenters. The number of nitrogens with zero attached hydrogens (tertiary/aromatic N) is 3. The van der Waals surface area contributed by atoms with Crippen LogP contribution >= 0.6 is 0 Å². The van der Waals surface area contributed by atoms with Crippen molar-refractivity contribution in [2.45, 2.75) is 0 Å². The van der Waals surface area contributed by atoms with Crippen LogP contribution in [0.1, 0.15) is 0 Å². The molecule has 3 aromatic rings. The second-order valence-electron chi connectivity index (χ2n) is 3.70. The lowest BCUT2D eigenvalue weighted by molar-refractivity contribution is 0.628. The summed E-state index contributed by atoms with van der Waals surface area (Å²) >= 11 is 0. The molecule has 84 valence electrons. The standard InChI is InChI=1S/C12H9FN4/c13-9-3-1-2-8(6-9)10-7-12-15-11(14)4-5-17(12)16-10/h1-7H,(H2,14,15). The Labute approximate surface area is 96.5 Å². The van der Waals surface area contributed by atoms with Crippen LogP contribution in [0.2, 0.25) is 0 Å². The summed E-state index contributed by atoms with van der Waals surface area (Å²) < 4.78 is 14.7. The number of aromatic nitrogens is 3. The summed E-state index contributed by atoms with van der Waals surface area (Å²) in [7, 11) is 0. The third-order valence-electron chi connectivity index (χ3n) is 2.47. The highest BCUT2D eigenvalue weighted by Crippen LogP contribution is 2.19. The van der Waals surface area contributed by atoms with Crippen molar-refractivity contribution >= 4 is 11.5 Å². The van der Waals surface area contributed by atoms with Crippen LogP contribution in [0.15, 0.2) is 42.6 Å². The average molecular weight is 228 g/mol. The number of benzene rings is 1. The number of halogens is 1. The molecule has 0 aliphatic heterocycles. The fourth-order valence-corrected chi connectivity index (χ4v) is 1.68. The Kier molecular flexibility index (Phi) is 2.04. The fraction of sp³-hybridized carbons (Fsp3) is 0. The first kappa shape index (κ1) is 9.77. The van der Waals surface area contributed by atoms with Gasteiger partial charge in [0.1, 0.15) is 11.6 Å². The smallest absolute Gasteiger partial charge is 0.157 e. The predicted molar refractivity (Wildman–Crippen MR) is 62.8 cm³/mol. The first-order valence-corrected chi connectivity index (χ1v) is 5.10. The Morgan fingerprint density at radius 2 is 2.06 bits per heavy atom. The summed E-state index contributed by atoms with van der Waals surface area (Å²) in [6, 6.07) is 9.71.